The van der Waals surface area contributed by atoms with Gasteiger partial charge in [0.25, 0.3) is 0 Å². The summed E-state index contributed by atoms with van der Waals surface area (Å²) in [5.41, 5.74) is 0.174. The molecule has 0 bridgehead atoms. The number of hydrogen-bond acceptors (Lipinski definition) is 3. The Balaban J connectivity index is 2.83. The summed E-state index contributed by atoms with van der Waals surface area (Å²) in [6.07, 6.45) is -0.426. The van der Waals surface area contributed by atoms with Gasteiger partial charge < -0.3 is 9.84 Å². The van der Waals surface area contributed by atoms with E-state index in [0.29, 0.717) is 0 Å². The second-order valence-corrected chi connectivity index (χ2v) is 6.69. The number of carbonyl (C=O) groups excluding carboxylic acids is 1. The van der Waals surface area contributed by atoms with Crippen LogP contribution in [0.25, 0.3) is 0 Å². The fraction of sp³-hybridized carbons (Fsp3) is 0.467. The number of halogens is 1. The first-order valence-corrected chi connectivity index (χ1v) is 7.32. The molecule has 0 spiro atoms. The average molecular weight is 358 g/mol. The molecule has 0 saturated carbocycles. The molecule has 1 aromatic carbocycles. The minimum atomic E-state index is -1.06. The first kappa shape index (κ1) is 17.5. The summed E-state index contributed by atoms with van der Waals surface area (Å²) in [6, 6.07) is 6.34. The van der Waals surface area contributed by atoms with Crippen molar-refractivity contribution in [3.8, 4) is 0 Å². The van der Waals surface area contributed by atoms with Crippen LogP contribution in [0.4, 0.5) is 4.79 Å². The molecule has 1 N–H and O–H groups in total. The fourth-order valence-electron chi connectivity index (χ4n) is 1.69. The lowest BCUT2D eigenvalue weighted by Gasteiger charge is -2.28. The lowest BCUT2D eigenvalue weighted by molar-refractivity contribution is -0.142. The predicted octanol–water partition coefficient (Wildman–Crippen LogP) is 3.31. The molecule has 1 rings (SSSR count). The van der Waals surface area contributed by atoms with Crippen LogP contribution in [0.15, 0.2) is 28.7 Å². The van der Waals surface area contributed by atoms with E-state index in [1.807, 2.05) is 24.3 Å². The van der Waals surface area contributed by atoms with Crippen LogP contribution in [-0.4, -0.2) is 40.8 Å². The lowest BCUT2D eigenvalue weighted by atomic mass is 10.1. The summed E-state index contributed by atoms with van der Waals surface area (Å²) in [4.78, 5) is 24.5. The number of amides is 1. The quantitative estimate of drug-likeness (QED) is 0.897. The van der Waals surface area contributed by atoms with E-state index >= 15 is 0 Å². The minimum Gasteiger partial charge on any atom is -0.480 e. The molecule has 0 heterocycles. The Labute approximate surface area is 133 Å². The van der Waals surface area contributed by atoms with Crippen LogP contribution in [0.3, 0.4) is 0 Å². The number of rotatable bonds is 4. The van der Waals surface area contributed by atoms with Gasteiger partial charge in [-0.1, -0.05) is 28.1 Å². The van der Waals surface area contributed by atoms with Crippen LogP contribution in [0.5, 0.6) is 0 Å². The molecule has 0 aromatic heterocycles. The van der Waals surface area contributed by atoms with Crippen LogP contribution in [-0.2, 0) is 16.0 Å². The third-order valence-corrected chi connectivity index (χ3v) is 3.31. The van der Waals surface area contributed by atoms with Crippen molar-refractivity contribution in [3.63, 3.8) is 0 Å². The largest absolute Gasteiger partial charge is 0.480 e. The summed E-state index contributed by atoms with van der Waals surface area (Å²) in [5, 5.41) is 9.35. The maximum atomic E-state index is 12.0. The van der Waals surface area contributed by atoms with Gasteiger partial charge in [0, 0.05) is 17.9 Å². The molecule has 0 aliphatic carbocycles. The van der Waals surface area contributed by atoms with Crippen molar-refractivity contribution >= 4 is 28.0 Å². The smallest absolute Gasteiger partial charge is 0.410 e. The van der Waals surface area contributed by atoms with Crippen molar-refractivity contribution < 1.29 is 19.4 Å². The second-order valence-electron chi connectivity index (χ2n) is 5.78. The van der Waals surface area contributed by atoms with Crippen LogP contribution < -0.4 is 0 Å². The molecule has 0 aliphatic heterocycles. The van der Waals surface area contributed by atoms with E-state index in [4.69, 9.17) is 4.74 Å². The molecule has 1 aromatic rings. The molecule has 21 heavy (non-hydrogen) atoms. The molecule has 6 heteroatoms. The summed E-state index contributed by atoms with van der Waals surface area (Å²) in [7, 11) is 1.44. The third-order valence-electron chi connectivity index (χ3n) is 2.78. The number of hydrogen-bond donors (Lipinski definition) is 1. The maximum absolute atomic E-state index is 12.0. The van der Waals surface area contributed by atoms with Gasteiger partial charge in [0.1, 0.15) is 11.6 Å². The van der Waals surface area contributed by atoms with Crippen molar-refractivity contribution in [2.24, 2.45) is 0 Å². The standard InChI is InChI=1S/C15H20BrNO4/c1-15(2,3)21-14(20)17(4)12(13(18)19)9-10-5-7-11(16)8-6-10/h5-8,12H,9H2,1-4H3,(H,18,19)/t12-/m1/s1. The summed E-state index contributed by atoms with van der Waals surface area (Å²) in [6.45, 7) is 5.22. The zero-order valence-corrected chi connectivity index (χ0v) is 14.2. The topological polar surface area (TPSA) is 66.8 Å². The number of ether oxygens (including phenoxy) is 1. The number of likely N-dealkylation sites (N-methyl/N-ethyl adjacent to an activating group) is 1. The summed E-state index contributed by atoms with van der Waals surface area (Å²) in [5.74, 6) is -1.06. The predicted molar refractivity (Wildman–Crippen MR) is 83.3 cm³/mol. The highest BCUT2D eigenvalue weighted by molar-refractivity contribution is 9.10. The number of aliphatic carboxylic acids is 1. The van der Waals surface area contributed by atoms with Crippen LogP contribution in [0.1, 0.15) is 26.3 Å². The molecule has 0 unspecified atom stereocenters. The Bertz CT molecular complexity index is 507. The van der Waals surface area contributed by atoms with E-state index in [1.165, 1.54) is 7.05 Å². The Kier molecular flexibility index (Phi) is 5.78. The van der Waals surface area contributed by atoms with Crippen LogP contribution in [0, 0.1) is 0 Å². The Morgan fingerprint density at radius 3 is 2.24 bits per heavy atom. The monoisotopic (exact) mass is 357 g/mol. The molecule has 0 radical (unpaired) electrons. The first-order valence-electron chi connectivity index (χ1n) is 6.53. The number of benzene rings is 1. The van der Waals surface area contributed by atoms with Gasteiger partial charge in [-0.2, -0.15) is 0 Å². The average Bonchev–Trinajstić information content (AvgIpc) is 2.34. The van der Waals surface area contributed by atoms with Gasteiger partial charge in [0.2, 0.25) is 0 Å². The lowest BCUT2D eigenvalue weighted by Crippen LogP contribution is -2.46. The van der Waals surface area contributed by atoms with E-state index in [2.05, 4.69) is 15.9 Å². The molecular weight excluding hydrogens is 338 g/mol. The molecule has 1 atom stereocenters. The van der Waals surface area contributed by atoms with Crippen molar-refractivity contribution in [3.05, 3.63) is 34.3 Å². The van der Waals surface area contributed by atoms with Gasteiger partial charge in [-0.15, -0.1) is 0 Å². The molecule has 0 fully saturated rings. The number of carboxylic acid groups (broad SMARTS) is 1. The molecule has 0 aliphatic rings. The number of carbonyl (C=O) groups is 2. The van der Waals surface area contributed by atoms with Crippen LogP contribution in [0.2, 0.25) is 0 Å². The Morgan fingerprint density at radius 1 is 1.29 bits per heavy atom. The van der Waals surface area contributed by atoms with Crippen molar-refractivity contribution in [1.82, 2.24) is 4.90 Å². The van der Waals surface area contributed by atoms with Crippen molar-refractivity contribution in [1.29, 1.82) is 0 Å². The van der Waals surface area contributed by atoms with Gasteiger partial charge in [-0.05, 0) is 38.5 Å². The molecular formula is C15H20BrNO4. The number of nitrogens with zero attached hydrogens (tertiary/aromatic N) is 1. The van der Waals surface area contributed by atoms with Gasteiger partial charge in [0.15, 0.2) is 0 Å². The van der Waals surface area contributed by atoms with Gasteiger partial charge in [-0.3, -0.25) is 4.90 Å². The van der Waals surface area contributed by atoms with Gasteiger partial charge >= 0.3 is 12.1 Å². The van der Waals surface area contributed by atoms with Gasteiger partial charge in [0.05, 0.1) is 0 Å². The highest BCUT2D eigenvalue weighted by Crippen LogP contribution is 2.16. The molecule has 1 amide bonds. The Hall–Kier alpha value is -1.56. The van der Waals surface area contributed by atoms with E-state index in [0.717, 1.165) is 14.9 Å². The molecule has 5 nitrogen and oxygen atoms in total. The van der Waals surface area contributed by atoms with Crippen LogP contribution >= 0.6 is 15.9 Å². The SMILES string of the molecule is CN(C(=O)OC(C)(C)C)[C@H](Cc1ccc(Br)cc1)C(=O)O. The summed E-state index contributed by atoms with van der Waals surface area (Å²) < 4.78 is 6.12. The first-order chi connectivity index (χ1) is 9.60. The van der Waals surface area contributed by atoms with E-state index < -0.39 is 23.7 Å². The zero-order chi connectivity index (χ0) is 16.2. The van der Waals surface area contributed by atoms with Gasteiger partial charge in [-0.25, -0.2) is 9.59 Å². The minimum absolute atomic E-state index is 0.221. The van der Waals surface area contributed by atoms with Crippen molar-refractivity contribution in [2.75, 3.05) is 7.05 Å². The molecule has 0 saturated heterocycles. The maximum Gasteiger partial charge on any atom is 0.410 e. The molecule has 116 valence electrons. The second kappa shape index (κ2) is 6.93. The Morgan fingerprint density at radius 2 is 1.81 bits per heavy atom. The number of carboxylic acids is 1. The summed E-state index contributed by atoms with van der Waals surface area (Å²) >= 11 is 3.32. The highest BCUT2D eigenvalue weighted by atomic mass is 79.9. The van der Waals surface area contributed by atoms with E-state index in [1.54, 1.807) is 20.8 Å². The zero-order valence-electron chi connectivity index (χ0n) is 12.6. The normalized spacial score (nSPS) is 12.6. The van der Waals surface area contributed by atoms with Crippen molar-refractivity contribution in [2.45, 2.75) is 38.8 Å². The highest BCUT2D eigenvalue weighted by Gasteiger charge is 2.30. The fourth-order valence-corrected chi connectivity index (χ4v) is 1.96. The van der Waals surface area contributed by atoms with E-state index in [-0.39, 0.29) is 6.42 Å². The van der Waals surface area contributed by atoms with E-state index in [9.17, 15) is 14.7 Å². The third kappa shape index (κ3) is 5.75.